The lowest BCUT2D eigenvalue weighted by atomic mass is 9.59. The van der Waals surface area contributed by atoms with Crippen molar-refractivity contribution in [3.05, 3.63) is 118 Å². The number of carbonyl (C=O) groups excluding carboxylic acids is 1. The summed E-state index contributed by atoms with van der Waals surface area (Å²) in [5, 5.41) is 16.8. The standard InChI is InChI=1S/C69H84N10O12S/c1-42(2)90-61-8-6-5-7-52(61)60-38-75(49-29-47(30-49)45-9-12-55(62(32-45)85-4)76-24-28-88-39-43(76)3)22-23-77(60)50-36-69(37-50)17-20-74(21-18-69)48-10-11-53(57(33-48)78-56-16-27-87-41-64(56)91-68-59(78)31-46-13-19-70-66(46)72-68)67(80)73-92(83,84)51-34-58(79(81)82)65-63(35-51)89-40-54(71-65)44-14-25-86-26-15-44/h5-13,19,31-35,42-44,47,49-50,54,56,60,64,71H,14-18,20-30,36-41H2,1-4H3,(H,70,72)(H,73,80)/t43-,47?,49?,54+,56+,60+,64+/m1/s1. The maximum atomic E-state index is 15.0. The molecule has 1 amide bonds. The summed E-state index contributed by atoms with van der Waals surface area (Å²) in [4.78, 5) is 47.1. The number of methoxy groups -OCH3 is 1. The van der Waals surface area contributed by atoms with Gasteiger partial charge < -0.3 is 58.2 Å². The van der Waals surface area contributed by atoms with E-state index in [0.29, 0.717) is 73.2 Å². The van der Waals surface area contributed by atoms with Gasteiger partial charge in [0.15, 0.2) is 11.4 Å². The highest BCUT2D eigenvalue weighted by Gasteiger charge is 2.52. The molecule has 0 radical (unpaired) electrons. The first-order valence-corrected chi connectivity index (χ1v) is 34.7. The minimum Gasteiger partial charge on any atom is -0.495 e. The Labute approximate surface area is 537 Å². The van der Waals surface area contributed by atoms with Crippen LogP contribution in [0.3, 0.4) is 0 Å². The van der Waals surface area contributed by atoms with Crippen molar-refractivity contribution in [2.24, 2.45) is 11.3 Å². The minimum absolute atomic E-state index is 0.0259. The van der Waals surface area contributed by atoms with Crippen molar-refractivity contribution in [1.29, 1.82) is 0 Å². The van der Waals surface area contributed by atoms with E-state index in [1.165, 1.54) is 17.2 Å². The number of sulfonamides is 1. The fourth-order valence-electron chi connectivity index (χ4n) is 16.4. The molecule has 5 atom stereocenters. The largest absolute Gasteiger partial charge is 0.495 e. The SMILES string of the molecule is COc1cc(C2CC(N3CCN(C4CC5(CCN(c6ccc(C(=O)NS(=O)(=O)c7cc8c(c([N+](=O)[O-])c7)N[C@H](C7CCOCC7)CO8)c(N7c8cc9cc[nH]c9nc8O[C@H]8COCC[C@@H]87)c6)CC5)C4)[C@H](c4ccccc4OC(C)C)C3)C2)ccc1N1CCOC[C@H]1C. The third-order valence-electron chi connectivity index (χ3n) is 21.5. The van der Waals surface area contributed by atoms with Gasteiger partial charge in [0.25, 0.3) is 21.6 Å². The van der Waals surface area contributed by atoms with Gasteiger partial charge >= 0.3 is 0 Å². The Morgan fingerprint density at radius 3 is 2.43 bits per heavy atom. The van der Waals surface area contributed by atoms with E-state index < -0.39 is 37.5 Å². The molecule has 0 unspecified atom stereocenters. The lowest BCUT2D eigenvalue weighted by Crippen LogP contribution is -2.61. The van der Waals surface area contributed by atoms with Crippen molar-refractivity contribution in [3.8, 4) is 23.1 Å². The molecule has 7 aliphatic heterocycles. The molecule has 9 heterocycles. The lowest BCUT2D eigenvalue weighted by Gasteiger charge is -2.59. The second kappa shape index (κ2) is 24.8. The Bertz CT molecular complexity index is 3860. The number of nitro groups is 1. The zero-order valence-corrected chi connectivity index (χ0v) is 53.7. The number of benzene rings is 4. The van der Waals surface area contributed by atoms with Crippen LogP contribution in [0.25, 0.3) is 11.0 Å². The molecule has 6 aromatic rings. The van der Waals surface area contributed by atoms with Gasteiger partial charge in [0, 0.05) is 112 Å². The first-order valence-electron chi connectivity index (χ1n) is 33.2. The van der Waals surface area contributed by atoms with Crippen molar-refractivity contribution in [3.63, 3.8) is 0 Å². The van der Waals surface area contributed by atoms with Crippen LogP contribution in [0.4, 0.5) is 34.1 Å². The number of morpholine rings is 1. The average molecular weight is 1280 g/mol. The Morgan fingerprint density at radius 2 is 1.64 bits per heavy atom. The molecule has 488 valence electrons. The summed E-state index contributed by atoms with van der Waals surface area (Å²) in [5.74, 6) is 2.04. The number of anilines is 5. The van der Waals surface area contributed by atoms with Gasteiger partial charge in [-0.05, 0) is 150 Å². The smallest absolute Gasteiger partial charge is 0.297 e. The number of ether oxygens (including phenoxy) is 7. The number of fused-ring (bicyclic) bond motifs is 4. The van der Waals surface area contributed by atoms with Gasteiger partial charge in [0.1, 0.15) is 35.5 Å². The maximum absolute atomic E-state index is 15.0. The number of H-pyrrole nitrogens is 1. The van der Waals surface area contributed by atoms with Crippen LogP contribution in [-0.2, 0) is 24.2 Å². The van der Waals surface area contributed by atoms with Gasteiger partial charge in [0.05, 0.1) is 77.9 Å². The number of carbonyl (C=O) groups is 1. The molecule has 0 bridgehead atoms. The van der Waals surface area contributed by atoms with Gasteiger partial charge in [-0.1, -0.05) is 24.3 Å². The van der Waals surface area contributed by atoms with E-state index in [1.54, 1.807) is 13.2 Å². The molecular weight excluding hydrogens is 1190 g/mol. The van der Waals surface area contributed by atoms with Crippen molar-refractivity contribution < 1.29 is 51.3 Å². The molecule has 22 nitrogen and oxygen atoms in total. The second-order valence-electron chi connectivity index (χ2n) is 27.3. The summed E-state index contributed by atoms with van der Waals surface area (Å²) in [5.41, 5.74) is 6.35. The van der Waals surface area contributed by atoms with E-state index in [2.05, 4.69) is 103 Å². The van der Waals surface area contributed by atoms with Gasteiger partial charge in [0.2, 0.25) is 5.88 Å². The van der Waals surface area contributed by atoms with Crippen molar-refractivity contribution in [2.75, 3.05) is 113 Å². The van der Waals surface area contributed by atoms with E-state index in [9.17, 15) is 18.5 Å². The number of nitrogens with one attached hydrogen (secondary N) is 3. The summed E-state index contributed by atoms with van der Waals surface area (Å²) in [6, 6.07) is 28.2. The number of rotatable bonds is 15. The normalized spacial score (nSPS) is 26.1. The summed E-state index contributed by atoms with van der Waals surface area (Å²) in [7, 11) is -2.94. The zero-order chi connectivity index (χ0) is 63.0. The summed E-state index contributed by atoms with van der Waals surface area (Å²) in [6.45, 7) is 15.4. The van der Waals surface area contributed by atoms with Crippen molar-refractivity contribution in [2.45, 2.75) is 138 Å². The van der Waals surface area contributed by atoms with Crippen LogP contribution in [0.2, 0.25) is 0 Å². The first-order chi connectivity index (χ1) is 44.7. The van der Waals surface area contributed by atoms with Crippen LogP contribution in [0, 0.1) is 21.4 Å². The van der Waals surface area contributed by atoms with E-state index in [1.807, 2.05) is 30.5 Å². The summed E-state index contributed by atoms with van der Waals surface area (Å²) in [6.07, 6.45) is 9.95. The van der Waals surface area contributed by atoms with E-state index in [4.69, 9.17) is 38.1 Å². The Kier molecular flexibility index (Phi) is 16.4. The molecular formula is C69H84N10O12S. The molecule has 15 rings (SSSR count). The van der Waals surface area contributed by atoms with Crippen molar-refractivity contribution in [1.82, 2.24) is 24.5 Å². The van der Waals surface area contributed by atoms with Crippen LogP contribution in [0.15, 0.2) is 96.0 Å². The number of aromatic nitrogens is 2. The Hall–Kier alpha value is -7.41. The highest BCUT2D eigenvalue weighted by molar-refractivity contribution is 7.90. The summed E-state index contributed by atoms with van der Waals surface area (Å²) >= 11 is 0. The topological polar surface area (TPSA) is 228 Å². The van der Waals surface area contributed by atoms with Crippen LogP contribution < -0.4 is 43.7 Å². The molecule has 3 N–H and O–H groups in total. The van der Waals surface area contributed by atoms with Crippen LogP contribution in [0.1, 0.15) is 112 Å². The third-order valence-corrected chi connectivity index (χ3v) is 22.8. The monoisotopic (exact) mass is 1280 g/mol. The molecule has 4 aromatic carbocycles. The van der Waals surface area contributed by atoms with E-state index in [0.717, 1.165) is 138 Å². The Balaban J connectivity index is 0.670. The van der Waals surface area contributed by atoms with E-state index in [-0.39, 0.29) is 65.8 Å². The zero-order valence-electron chi connectivity index (χ0n) is 52.9. The predicted octanol–water partition coefficient (Wildman–Crippen LogP) is 9.95. The second-order valence-corrected chi connectivity index (χ2v) is 29.0. The highest BCUT2D eigenvalue weighted by atomic mass is 32.2. The number of para-hydroxylation sites is 1. The van der Waals surface area contributed by atoms with Gasteiger partial charge in [-0.2, -0.15) is 4.98 Å². The number of piperidine rings is 1. The molecule has 1 spiro atoms. The van der Waals surface area contributed by atoms with Gasteiger partial charge in [-0.25, -0.2) is 13.1 Å². The number of aromatic amines is 1. The van der Waals surface area contributed by atoms with Crippen LogP contribution >= 0.6 is 0 Å². The van der Waals surface area contributed by atoms with E-state index >= 15 is 4.79 Å². The predicted molar refractivity (Wildman–Crippen MR) is 349 cm³/mol. The number of nitro benzene ring substituents is 1. The maximum Gasteiger partial charge on any atom is 0.297 e. The van der Waals surface area contributed by atoms with Crippen LogP contribution in [-0.4, -0.2) is 174 Å². The molecule has 5 saturated heterocycles. The lowest BCUT2D eigenvalue weighted by molar-refractivity contribution is -0.384. The first kappa shape index (κ1) is 60.8. The Morgan fingerprint density at radius 1 is 0.837 bits per heavy atom. The fraction of sp³-hybridized carbons (Fsp3) is 0.536. The number of piperazine rings is 1. The third kappa shape index (κ3) is 11.5. The average Bonchev–Trinajstić information content (AvgIpc) is 0.976. The van der Waals surface area contributed by atoms with Crippen molar-refractivity contribution >= 4 is 61.1 Å². The highest BCUT2D eigenvalue weighted by Crippen LogP contribution is 2.55. The molecule has 2 saturated carbocycles. The number of hydrogen-bond donors (Lipinski definition) is 3. The molecule has 9 aliphatic rings. The van der Waals surface area contributed by atoms with Gasteiger partial charge in [-0.15, -0.1) is 0 Å². The summed E-state index contributed by atoms with van der Waals surface area (Å²) < 4.78 is 73.9. The number of amides is 1. The number of nitrogens with zero attached hydrogens (tertiary/aromatic N) is 7. The molecule has 2 aromatic heterocycles. The minimum atomic E-state index is -4.73. The number of pyridine rings is 1. The number of hydrogen-bond acceptors (Lipinski definition) is 19. The fourth-order valence-corrected chi connectivity index (χ4v) is 17.4. The molecule has 23 heteroatoms. The van der Waals surface area contributed by atoms with Gasteiger partial charge in [-0.3, -0.25) is 24.7 Å². The molecule has 2 aliphatic carbocycles. The van der Waals surface area contributed by atoms with Crippen LogP contribution in [0.5, 0.6) is 23.1 Å². The quantitative estimate of drug-likeness (QED) is 0.0642. The molecule has 7 fully saturated rings. The molecule has 92 heavy (non-hydrogen) atoms.